The molecule has 2 N–H and O–H groups in total. The van der Waals surface area contributed by atoms with Crippen LogP contribution in [0.5, 0.6) is 5.75 Å². The summed E-state index contributed by atoms with van der Waals surface area (Å²) < 4.78 is 11.2. The number of oxazole rings is 1. The number of carbonyl (C=O) groups is 2. The van der Waals surface area contributed by atoms with Gasteiger partial charge in [0.05, 0.1) is 12.8 Å². The molecule has 2 amide bonds. The third kappa shape index (κ3) is 7.05. The monoisotopic (exact) mass is 601 g/mol. The van der Waals surface area contributed by atoms with Gasteiger partial charge in [-0.25, -0.2) is 14.8 Å². The maximum absolute atomic E-state index is 14.2. The number of carbonyl (C=O) groups excluding carboxylic acids is 1. The van der Waals surface area contributed by atoms with E-state index < -0.39 is 6.09 Å². The Balaban J connectivity index is 1.17. The van der Waals surface area contributed by atoms with Crippen LogP contribution in [0.2, 0.25) is 0 Å². The smallest absolute Gasteiger partial charge is 0.404 e. The summed E-state index contributed by atoms with van der Waals surface area (Å²) in [6.07, 6.45) is 12.0. The lowest BCUT2D eigenvalue weighted by Gasteiger charge is -2.35. The number of nitrogens with one attached hydrogen (secondary N) is 1. The number of aryl methyl sites for hydroxylation is 1. The van der Waals surface area contributed by atoms with E-state index in [0.29, 0.717) is 36.7 Å². The minimum Gasteiger partial charge on any atom is -0.495 e. The number of amides is 2. The fourth-order valence-corrected chi connectivity index (χ4v) is 6.94. The molecule has 0 spiro atoms. The number of aromatic nitrogens is 3. The standard InChI is InChI=1S/C34H43N5O5/c1-21-30(43-2)14-13-28(37-21)24-7-5-23(6-8-24)19-39(33(40)26-9-3-22(4-10-26)18-36-34(41)42)31-17-27(15-16-35-31)29-20-44-32(38-29)25-11-12-25/h13-17,20,22-26,36H,3-12,18-19H2,1-2H3,(H,41,42)/t22-,23-,24-,26-. The molecular formula is C34H43N5O5. The normalized spacial score (nSPS) is 23.6. The molecule has 234 valence electrons. The second-order valence-electron chi connectivity index (χ2n) is 12.8. The van der Waals surface area contributed by atoms with Crippen molar-refractivity contribution in [2.45, 2.75) is 83.0 Å². The van der Waals surface area contributed by atoms with Gasteiger partial charge in [-0.2, -0.15) is 0 Å². The molecular weight excluding hydrogens is 558 g/mol. The molecule has 10 nitrogen and oxygen atoms in total. The SMILES string of the molecule is COc1ccc([C@H]2CC[C@H](CN(c3cc(-c4coc(C5CC5)n4)ccn3)C(=O)[C@H]3CC[C@H](CNC(=O)O)CC3)CC2)nc1C. The molecule has 3 aromatic heterocycles. The fourth-order valence-electron chi connectivity index (χ4n) is 6.94. The largest absolute Gasteiger partial charge is 0.495 e. The number of ether oxygens (including phenoxy) is 1. The van der Waals surface area contributed by atoms with E-state index in [-0.39, 0.29) is 17.7 Å². The number of nitrogens with zero attached hydrogens (tertiary/aromatic N) is 4. The highest BCUT2D eigenvalue weighted by Crippen LogP contribution is 2.41. The Kier molecular flexibility index (Phi) is 9.14. The van der Waals surface area contributed by atoms with E-state index in [9.17, 15) is 9.59 Å². The summed E-state index contributed by atoms with van der Waals surface area (Å²) in [5, 5.41) is 11.5. The van der Waals surface area contributed by atoms with E-state index in [1.807, 2.05) is 30.0 Å². The van der Waals surface area contributed by atoms with Crippen molar-refractivity contribution in [3.05, 3.63) is 54.0 Å². The van der Waals surface area contributed by atoms with E-state index in [1.165, 1.54) is 0 Å². The van der Waals surface area contributed by atoms with Crippen molar-refractivity contribution >= 4 is 17.8 Å². The van der Waals surface area contributed by atoms with Crippen LogP contribution < -0.4 is 15.0 Å². The quantitative estimate of drug-likeness (QED) is 0.262. The van der Waals surface area contributed by atoms with E-state index in [0.717, 1.165) is 98.5 Å². The van der Waals surface area contributed by atoms with Gasteiger partial charge in [-0.1, -0.05) is 0 Å². The minimum absolute atomic E-state index is 0.0992. The molecule has 3 heterocycles. The lowest BCUT2D eigenvalue weighted by Crippen LogP contribution is -2.42. The maximum atomic E-state index is 14.2. The second-order valence-corrected chi connectivity index (χ2v) is 12.8. The number of hydrogen-bond donors (Lipinski definition) is 2. The van der Waals surface area contributed by atoms with Crippen molar-refractivity contribution in [3.8, 4) is 17.0 Å². The Hall–Kier alpha value is -3.95. The van der Waals surface area contributed by atoms with Crippen LogP contribution in [0.25, 0.3) is 11.3 Å². The Labute approximate surface area is 258 Å². The molecule has 0 aliphatic heterocycles. The van der Waals surface area contributed by atoms with Gasteiger partial charge in [-0.15, -0.1) is 0 Å². The molecule has 3 aromatic rings. The predicted molar refractivity (Wildman–Crippen MR) is 166 cm³/mol. The van der Waals surface area contributed by atoms with Gasteiger partial charge in [0, 0.05) is 48.3 Å². The lowest BCUT2D eigenvalue weighted by molar-refractivity contribution is -0.123. The molecule has 44 heavy (non-hydrogen) atoms. The number of rotatable bonds is 10. The molecule has 3 saturated carbocycles. The fraction of sp³-hybridized carbons (Fsp3) is 0.559. The minimum atomic E-state index is -0.996. The first kappa shape index (κ1) is 30.1. The van der Waals surface area contributed by atoms with Crippen LogP contribution in [-0.2, 0) is 4.79 Å². The summed E-state index contributed by atoms with van der Waals surface area (Å²) in [6, 6.07) is 8.00. The first-order valence-electron chi connectivity index (χ1n) is 16.1. The number of hydrogen-bond acceptors (Lipinski definition) is 7. The summed E-state index contributed by atoms with van der Waals surface area (Å²) in [5.41, 5.74) is 3.71. The van der Waals surface area contributed by atoms with Gasteiger partial charge in [-0.3, -0.25) is 14.7 Å². The van der Waals surface area contributed by atoms with Crippen molar-refractivity contribution in [2.24, 2.45) is 17.8 Å². The van der Waals surface area contributed by atoms with E-state index in [4.69, 9.17) is 29.2 Å². The molecule has 0 aromatic carbocycles. The van der Waals surface area contributed by atoms with E-state index in [1.54, 1.807) is 19.6 Å². The summed E-state index contributed by atoms with van der Waals surface area (Å²) in [5.74, 6) is 3.75. The summed E-state index contributed by atoms with van der Waals surface area (Å²) >= 11 is 0. The van der Waals surface area contributed by atoms with Crippen LogP contribution >= 0.6 is 0 Å². The molecule has 3 aliphatic rings. The van der Waals surface area contributed by atoms with Gasteiger partial charge in [0.15, 0.2) is 5.89 Å². The van der Waals surface area contributed by atoms with Gasteiger partial charge >= 0.3 is 6.09 Å². The van der Waals surface area contributed by atoms with Crippen LogP contribution in [0.3, 0.4) is 0 Å². The van der Waals surface area contributed by atoms with Crippen molar-refractivity contribution in [2.75, 3.05) is 25.1 Å². The molecule has 3 fully saturated rings. The average molecular weight is 602 g/mol. The molecule has 3 aliphatic carbocycles. The van der Waals surface area contributed by atoms with Gasteiger partial charge in [-0.05, 0) is 107 Å². The van der Waals surface area contributed by atoms with Gasteiger partial charge in [0.2, 0.25) is 5.91 Å². The van der Waals surface area contributed by atoms with Gasteiger partial charge in [0.1, 0.15) is 23.5 Å². The molecule has 6 rings (SSSR count). The summed E-state index contributed by atoms with van der Waals surface area (Å²) in [4.78, 5) is 41.3. The van der Waals surface area contributed by atoms with Crippen molar-refractivity contribution in [1.29, 1.82) is 0 Å². The zero-order valence-electron chi connectivity index (χ0n) is 25.7. The van der Waals surface area contributed by atoms with Crippen molar-refractivity contribution in [1.82, 2.24) is 20.3 Å². The van der Waals surface area contributed by atoms with Gasteiger partial charge < -0.3 is 19.6 Å². The third-order valence-electron chi connectivity index (χ3n) is 9.75. The molecule has 0 atom stereocenters. The predicted octanol–water partition coefficient (Wildman–Crippen LogP) is 6.71. The first-order chi connectivity index (χ1) is 21.4. The highest BCUT2D eigenvalue weighted by molar-refractivity contribution is 5.94. The van der Waals surface area contributed by atoms with Crippen molar-refractivity contribution in [3.63, 3.8) is 0 Å². The molecule has 10 heteroatoms. The molecule has 0 radical (unpaired) electrons. The Morgan fingerprint density at radius 3 is 2.39 bits per heavy atom. The van der Waals surface area contributed by atoms with Crippen LogP contribution in [0, 0.1) is 24.7 Å². The number of carboxylic acid groups (broad SMARTS) is 1. The maximum Gasteiger partial charge on any atom is 0.404 e. The molecule has 0 saturated heterocycles. The summed E-state index contributed by atoms with van der Waals surface area (Å²) in [6.45, 7) is 3.06. The Morgan fingerprint density at radius 1 is 0.977 bits per heavy atom. The van der Waals surface area contributed by atoms with Crippen LogP contribution in [0.15, 0.2) is 41.1 Å². The molecule has 0 unspecified atom stereocenters. The van der Waals surface area contributed by atoms with Crippen LogP contribution in [0.1, 0.15) is 93.3 Å². The first-order valence-corrected chi connectivity index (χ1v) is 16.1. The Morgan fingerprint density at radius 2 is 1.70 bits per heavy atom. The molecule has 0 bridgehead atoms. The van der Waals surface area contributed by atoms with Crippen LogP contribution in [-0.4, -0.2) is 52.3 Å². The lowest BCUT2D eigenvalue weighted by atomic mass is 9.79. The summed E-state index contributed by atoms with van der Waals surface area (Å²) in [7, 11) is 1.67. The van der Waals surface area contributed by atoms with E-state index >= 15 is 0 Å². The second kappa shape index (κ2) is 13.4. The number of anilines is 1. The zero-order chi connectivity index (χ0) is 30.6. The van der Waals surface area contributed by atoms with E-state index in [2.05, 4.69) is 11.4 Å². The Bertz CT molecular complexity index is 1450. The highest BCUT2D eigenvalue weighted by Gasteiger charge is 2.34. The zero-order valence-corrected chi connectivity index (χ0v) is 25.7. The van der Waals surface area contributed by atoms with Crippen molar-refractivity contribution < 1.29 is 23.8 Å². The topological polar surface area (TPSA) is 131 Å². The average Bonchev–Trinajstić information content (AvgIpc) is 3.78. The van der Waals surface area contributed by atoms with Crippen LogP contribution in [0.4, 0.5) is 10.6 Å². The highest BCUT2D eigenvalue weighted by atomic mass is 16.5. The van der Waals surface area contributed by atoms with Gasteiger partial charge in [0.25, 0.3) is 0 Å². The number of methoxy groups -OCH3 is 1. The third-order valence-corrected chi connectivity index (χ3v) is 9.75. The number of pyridine rings is 2.